The number of hydrogen-bond donors (Lipinski definition) is 1. The minimum absolute atomic E-state index is 0.0652. The van der Waals surface area contributed by atoms with Gasteiger partial charge in [-0.05, 0) is 55.1 Å². The van der Waals surface area contributed by atoms with Crippen LogP contribution >= 0.6 is 0 Å². The highest BCUT2D eigenvalue weighted by Gasteiger charge is 2.30. The molecule has 2 aliphatic heterocycles. The lowest BCUT2D eigenvalue weighted by molar-refractivity contribution is -0.132. The summed E-state index contributed by atoms with van der Waals surface area (Å²) in [5.41, 5.74) is 4.26. The van der Waals surface area contributed by atoms with Gasteiger partial charge in [0.25, 0.3) is 0 Å². The predicted octanol–water partition coefficient (Wildman–Crippen LogP) is 2.95. The van der Waals surface area contributed by atoms with Gasteiger partial charge in [0.15, 0.2) is 0 Å². The molecule has 2 aliphatic rings. The molecular weight excluding hydrogens is 378 g/mol. The summed E-state index contributed by atoms with van der Waals surface area (Å²) in [5, 5.41) is 9.55. The number of carbonyl (C=O) groups excluding carboxylic acids is 1. The molecule has 2 aromatic carbocycles. The van der Waals surface area contributed by atoms with Crippen LogP contribution in [0.2, 0.25) is 0 Å². The minimum atomic E-state index is 0.0652. The summed E-state index contributed by atoms with van der Waals surface area (Å²) in [5.74, 6) is 1.48. The molecule has 4 rings (SSSR count). The largest absolute Gasteiger partial charge is 0.508 e. The lowest BCUT2D eigenvalue weighted by atomic mass is 9.98. The number of nitrogens with zero attached hydrogens (tertiary/aromatic N) is 3. The van der Waals surface area contributed by atoms with Crippen molar-refractivity contribution < 1.29 is 14.6 Å². The first kappa shape index (κ1) is 20.2. The van der Waals surface area contributed by atoms with Gasteiger partial charge in [0.1, 0.15) is 11.5 Å². The van der Waals surface area contributed by atoms with Gasteiger partial charge in [0, 0.05) is 43.4 Å². The van der Waals surface area contributed by atoms with E-state index in [9.17, 15) is 9.90 Å². The molecule has 0 saturated carbocycles. The van der Waals surface area contributed by atoms with E-state index in [2.05, 4.69) is 11.1 Å². The van der Waals surface area contributed by atoms with Crippen LogP contribution in [-0.4, -0.2) is 67.4 Å². The third-order valence-electron chi connectivity index (χ3n) is 5.38. The maximum Gasteiger partial charge on any atom is 0.246 e. The molecule has 0 unspecified atom stereocenters. The number of hydrogen-bond acceptors (Lipinski definition) is 5. The molecule has 0 spiro atoms. The van der Waals surface area contributed by atoms with E-state index in [4.69, 9.17) is 4.74 Å². The number of likely N-dealkylation sites (N-methyl/N-ethyl adjacent to an activating group) is 1. The van der Waals surface area contributed by atoms with Gasteiger partial charge in [-0.3, -0.25) is 9.79 Å². The first-order valence-electron chi connectivity index (χ1n) is 10.2. The van der Waals surface area contributed by atoms with Crippen LogP contribution in [0.15, 0.2) is 53.5 Å². The van der Waals surface area contributed by atoms with E-state index in [1.165, 1.54) is 0 Å². The molecule has 1 fully saturated rings. The second-order valence-corrected chi connectivity index (χ2v) is 8.15. The number of likely N-dealkylation sites (tertiary alicyclic amines) is 1. The van der Waals surface area contributed by atoms with Crippen molar-refractivity contribution >= 4 is 12.1 Å². The van der Waals surface area contributed by atoms with E-state index >= 15 is 0 Å². The molecule has 0 radical (unpaired) electrons. The average Bonchev–Trinajstić information content (AvgIpc) is 3.15. The van der Waals surface area contributed by atoms with Crippen molar-refractivity contribution in [1.29, 1.82) is 0 Å². The Kier molecular flexibility index (Phi) is 5.86. The van der Waals surface area contributed by atoms with E-state index in [-0.39, 0.29) is 11.7 Å². The highest BCUT2D eigenvalue weighted by molar-refractivity contribution is 5.90. The third kappa shape index (κ3) is 4.54. The Bertz CT molecular complexity index is 974. The molecule has 2 aromatic rings. The Labute approximate surface area is 177 Å². The van der Waals surface area contributed by atoms with E-state index in [0.717, 1.165) is 47.6 Å². The lowest BCUT2D eigenvalue weighted by Crippen LogP contribution is -2.51. The van der Waals surface area contributed by atoms with Gasteiger partial charge in [-0.25, -0.2) is 0 Å². The van der Waals surface area contributed by atoms with Crippen LogP contribution in [-0.2, 0) is 11.3 Å². The Balaban J connectivity index is 1.37. The van der Waals surface area contributed by atoms with Gasteiger partial charge in [0.2, 0.25) is 5.91 Å². The number of aliphatic imine (C=N–C) groups is 1. The van der Waals surface area contributed by atoms with Crippen molar-refractivity contribution in [2.45, 2.75) is 6.54 Å². The number of ether oxygens (including phenoxy) is 1. The predicted molar refractivity (Wildman–Crippen MR) is 118 cm³/mol. The van der Waals surface area contributed by atoms with E-state index < -0.39 is 0 Å². The zero-order valence-electron chi connectivity index (χ0n) is 17.4. The van der Waals surface area contributed by atoms with Crippen molar-refractivity contribution in [2.24, 2.45) is 10.9 Å². The summed E-state index contributed by atoms with van der Waals surface area (Å²) in [6.07, 6.45) is 5.42. The molecule has 0 bridgehead atoms. The molecule has 1 amide bonds. The van der Waals surface area contributed by atoms with Crippen LogP contribution in [0.4, 0.5) is 0 Å². The number of carbonyl (C=O) groups is 1. The molecular formula is C24H27N3O3. The number of phenolic OH excluding ortho intramolecular Hbond substituents is 1. The van der Waals surface area contributed by atoms with Crippen LogP contribution in [0, 0.1) is 5.92 Å². The number of fused-ring (bicyclic) bond motifs is 1. The molecule has 2 heterocycles. The van der Waals surface area contributed by atoms with Crippen molar-refractivity contribution in [1.82, 2.24) is 9.80 Å². The van der Waals surface area contributed by atoms with Crippen LogP contribution in [0.3, 0.4) is 0 Å². The van der Waals surface area contributed by atoms with Gasteiger partial charge in [0.05, 0.1) is 13.2 Å². The van der Waals surface area contributed by atoms with Gasteiger partial charge < -0.3 is 19.6 Å². The Morgan fingerprint density at radius 3 is 2.73 bits per heavy atom. The molecule has 30 heavy (non-hydrogen) atoms. The highest BCUT2D eigenvalue weighted by Crippen LogP contribution is 2.33. The summed E-state index contributed by atoms with van der Waals surface area (Å²) < 4.78 is 6.18. The summed E-state index contributed by atoms with van der Waals surface area (Å²) in [4.78, 5) is 20.4. The van der Waals surface area contributed by atoms with Gasteiger partial charge >= 0.3 is 0 Å². The second kappa shape index (κ2) is 8.71. The molecule has 1 N–H and O–H groups in total. The number of rotatable bonds is 7. The Morgan fingerprint density at radius 1 is 1.23 bits per heavy atom. The van der Waals surface area contributed by atoms with Crippen LogP contribution < -0.4 is 4.74 Å². The maximum absolute atomic E-state index is 12.2. The lowest BCUT2D eigenvalue weighted by Gasteiger charge is -2.38. The molecule has 0 atom stereocenters. The summed E-state index contributed by atoms with van der Waals surface area (Å²) in [6, 6.07) is 11.3. The molecule has 6 nitrogen and oxygen atoms in total. The number of phenols is 1. The summed E-state index contributed by atoms with van der Waals surface area (Å²) in [7, 11) is 3.95. The third-order valence-corrected chi connectivity index (χ3v) is 5.38. The van der Waals surface area contributed by atoms with Crippen LogP contribution in [0.25, 0.3) is 11.1 Å². The van der Waals surface area contributed by atoms with Crippen molar-refractivity contribution in [3.05, 3.63) is 59.7 Å². The normalized spacial score (nSPS) is 15.6. The first-order chi connectivity index (χ1) is 14.5. The molecule has 156 valence electrons. The minimum Gasteiger partial charge on any atom is -0.508 e. The molecule has 0 aliphatic carbocycles. The summed E-state index contributed by atoms with van der Waals surface area (Å²) >= 11 is 0. The number of amides is 1. The summed E-state index contributed by atoms with van der Waals surface area (Å²) in [6.45, 7) is 3.43. The quantitative estimate of drug-likeness (QED) is 0.720. The van der Waals surface area contributed by atoms with Gasteiger partial charge in [-0.15, -0.1) is 0 Å². The first-order valence-corrected chi connectivity index (χ1v) is 10.2. The van der Waals surface area contributed by atoms with Crippen LogP contribution in [0.5, 0.6) is 11.5 Å². The fourth-order valence-corrected chi connectivity index (χ4v) is 3.67. The van der Waals surface area contributed by atoms with E-state index in [1.807, 2.05) is 54.4 Å². The second-order valence-electron chi connectivity index (χ2n) is 8.15. The fraction of sp³-hybridized carbons (Fsp3) is 0.333. The van der Waals surface area contributed by atoms with Gasteiger partial charge in [-0.1, -0.05) is 18.2 Å². The Morgan fingerprint density at radius 2 is 2.00 bits per heavy atom. The van der Waals surface area contributed by atoms with Crippen molar-refractivity contribution in [3.63, 3.8) is 0 Å². The molecule has 1 saturated heterocycles. The smallest absolute Gasteiger partial charge is 0.246 e. The maximum atomic E-state index is 12.2. The fourth-order valence-electron chi connectivity index (χ4n) is 3.67. The SMILES string of the molecule is CN(C)C/C=C/C(=O)N1CC(COc2cc(-c3ccc(O)cc3)cc3c2C=NC3)C1. The van der Waals surface area contributed by atoms with Gasteiger partial charge in [-0.2, -0.15) is 0 Å². The highest BCUT2D eigenvalue weighted by atomic mass is 16.5. The zero-order chi connectivity index (χ0) is 21.1. The molecule has 6 heteroatoms. The average molecular weight is 405 g/mol. The Hall–Kier alpha value is -3.12. The number of aromatic hydroxyl groups is 1. The van der Waals surface area contributed by atoms with E-state index in [0.29, 0.717) is 19.1 Å². The van der Waals surface area contributed by atoms with Crippen LogP contribution in [0.1, 0.15) is 11.1 Å². The monoisotopic (exact) mass is 405 g/mol. The van der Waals surface area contributed by atoms with Crippen molar-refractivity contribution in [3.8, 4) is 22.6 Å². The van der Waals surface area contributed by atoms with Crippen molar-refractivity contribution in [2.75, 3.05) is 40.3 Å². The molecule has 0 aromatic heterocycles. The zero-order valence-corrected chi connectivity index (χ0v) is 17.4. The standard InChI is InChI=1S/C24H27N3O3/c1-26(2)9-3-4-24(29)27-14-17(15-27)16-30-23-11-19(10-20-12-25-13-22(20)23)18-5-7-21(28)8-6-18/h3-8,10-11,13,17,28H,9,12,14-16H2,1-2H3/b4-3+. The topological polar surface area (TPSA) is 65.4 Å². The number of benzene rings is 2. The van der Waals surface area contributed by atoms with E-state index in [1.54, 1.807) is 18.2 Å².